The number of carbonyl (C=O) groups excluding carboxylic acids is 2. The Bertz CT molecular complexity index is 933. The third kappa shape index (κ3) is 3.44. The second-order valence-electron chi connectivity index (χ2n) is 5.51. The van der Waals surface area contributed by atoms with Crippen molar-refractivity contribution in [3.8, 4) is 0 Å². The number of hydrogen-bond acceptors (Lipinski definition) is 4. The van der Waals surface area contributed by atoms with Crippen LogP contribution in [0.1, 0.15) is 27.7 Å². The average molecular weight is 471 g/mol. The molecule has 1 aliphatic heterocycles. The third-order valence-corrected chi connectivity index (χ3v) is 5.37. The van der Waals surface area contributed by atoms with E-state index in [4.69, 9.17) is 0 Å². The summed E-state index contributed by atoms with van der Waals surface area (Å²) in [7, 11) is 0. The summed E-state index contributed by atoms with van der Waals surface area (Å²) >= 11 is 4.30. The van der Waals surface area contributed by atoms with E-state index in [9.17, 15) is 36.7 Å². The molecule has 1 N–H and O–H groups in total. The van der Waals surface area contributed by atoms with Gasteiger partial charge >= 0.3 is 6.18 Å². The maximum Gasteiger partial charge on any atom is 0.419 e. The first-order valence-corrected chi connectivity index (χ1v) is 8.80. The smallest absolute Gasteiger partial charge is 0.302 e. The minimum absolute atomic E-state index is 0.183. The molecule has 144 valence electrons. The van der Waals surface area contributed by atoms with Gasteiger partial charge in [-0.05, 0) is 39.5 Å². The van der Waals surface area contributed by atoms with Gasteiger partial charge < -0.3 is 4.90 Å². The van der Waals surface area contributed by atoms with E-state index in [-0.39, 0.29) is 16.7 Å². The van der Waals surface area contributed by atoms with E-state index in [0.717, 1.165) is 11.3 Å². The van der Waals surface area contributed by atoms with Crippen molar-refractivity contribution < 1.29 is 36.7 Å². The third-order valence-electron chi connectivity index (χ3n) is 3.85. The van der Waals surface area contributed by atoms with Crippen molar-refractivity contribution in [2.45, 2.75) is 12.3 Å². The molecule has 1 saturated heterocycles. The lowest BCUT2D eigenvalue weighted by molar-refractivity contribution is -0.168. The Hall–Kier alpha value is -2.05. The summed E-state index contributed by atoms with van der Waals surface area (Å²) in [5, 5.41) is 11.6. The van der Waals surface area contributed by atoms with Crippen LogP contribution < -0.4 is 0 Å². The highest BCUT2D eigenvalue weighted by Gasteiger charge is 2.44. The van der Waals surface area contributed by atoms with E-state index in [1.165, 1.54) is 11.4 Å². The van der Waals surface area contributed by atoms with Crippen molar-refractivity contribution in [2.24, 2.45) is 0 Å². The number of rotatable bonds is 2. The number of halogens is 6. The van der Waals surface area contributed by atoms with Crippen LogP contribution in [0.2, 0.25) is 0 Å². The Balaban J connectivity index is 2.08. The zero-order valence-electron chi connectivity index (χ0n) is 12.9. The number of amides is 2. The quantitative estimate of drug-likeness (QED) is 0.529. The number of hydrogen-bond donors (Lipinski definition) is 1. The van der Waals surface area contributed by atoms with Crippen LogP contribution in [0.5, 0.6) is 0 Å². The number of alkyl halides is 3. The number of benzene rings is 1. The average Bonchev–Trinajstić information content (AvgIpc) is 3.10. The summed E-state index contributed by atoms with van der Waals surface area (Å²) in [4.78, 5) is 25.0. The maximum atomic E-state index is 14.3. The van der Waals surface area contributed by atoms with Crippen molar-refractivity contribution in [3.05, 3.63) is 55.7 Å². The van der Waals surface area contributed by atoms with Gasteiger partial charge in [0.1, 0.15) is 17.9 Å². The van der Waals surface area contributed by atoms with Crippen LogP contribution >= 0.6 is 27.3 Å². The lowest BCUT2D eigenvalue weighted by Crippen LogP contribution is -2.35. The number of nitrogens with zero attached hydrogens (tertiary/aromatic N) is 2. The summed E-state index contributed by atoms with van der Waals surface area (Å²) in [5.41, 5.74) is -3.03. The highest BCUT2D eigenvalue weighted by atomic mass is 79.9. The highest BCUT2D eigenvalue weighted by Crippen LogP contribution is 2.37. The van der Waals surface area contributed by atoms with Crippen molar-refractivity contribution in [1.82, 2.24) is 9.96 Å². The predicted octanol–water partition coefficient (Wildman–Crippen LogP) is 4.18. The summed E-state index contributed by atoms with van der Waals surface area (Å²) < 4.78 is 67.5. The van der Waals surface area contributed by atoms with E-state index in [0.29, 0.717) is 14.8 Å². The van der Waals surface area contributed by atoms with Crippen LogP contribution in [0.15, 0.2) is 27.4 Å². The fourth-order valence-corrected chi connectivity index (χ4v) is 3.83. The van der Waals surface area contributed by atoms with Crippen molar-refractivity contribution in [1.29, 1.82) is 0 Å². The Morgan fingerprint density at radius 2 is 1.96 bits per heavy atom. The van der Waals surface area contributed by atoms with E-state index in [1.54, 1.807) is 0 Å². The second-order valence-corrected chi connectivity index (χ2v) is 7.80. The van der Waals surface area contributed by atoms with Crippen molar-refractivity contribution in [3.63, 3.8) is 0 Å². The van der Waals surface area contributed by atoms with Crippen LogP contribution in [0.25, 0.3) is 0 Å². The van der Waals surface area contributed by atoms with Gasteiger partial charge in [-0.3, -0.25) is 14.8 Å². The molecule has 0 saturated carbocycles. The SMILES string of the molecule is O=C1CN(C(=O)c2c(F)ccc(C(F)(F)F)c2F)C(c2csc(Br)c2)N1O. The van der Waals surface area contributed by atoms with Gasteiger partial charge in [-0.25, -0.2) is 8.78 Å². The van der Waals surface area contributed by atoms with Gasteiger partial charge in [0.05, 0.1) is 9.35 Å². The summed E-state index contributed by atoms with van der Waals surface area (Å²) in [5.74, 6) is -6.04. The lowest BCUT2D eigenvalue weighted by Gasteiger charge is -2.26. The van der Waals surface area contributed by atoms with Crippen LogP contribution in [0.3, 0.4) is 0 Å². The molecule has 5 nitrogen and oxygen atoms in total. The maximum absolute atomic E-state index is 14.3. The first-order chi connectivity index (χ1) is 12.5. The fourth-order valence-electron chi connectivity index (χ4n) is 2.65. The molecule has 0 radical (unpaired) electrons. The molecule has 3 rings (SSSR count). The summed E-state index contributed by atoms with van der Waals surface area (Å²) in [6.07, 6.45) is -6.57. The minimum Gasteiger partial charge on any atom is -0.302 e. The fraction of sp³-hybridized carbons (Fsp3) is 0.200. The molecule has 2 heterocycles. The zero-order chi connectivity index (χ0) is 20.1. The minimum atomic E-state index is -5.14. The van der Waals surface area contributed by atoms with Crippen LogP contribution in [-0.4, -0.2) is 33.5 Å². The van der Waals surface area contributed by atoms with Gasteiger partial charge in [-0.15, -0.1) is 11.3 Å². The Morgan fingerprint density at radius 1 is 1.30 bits per heavy atom. The predicted molar refractivity (Wildman–Crippen MR) is 85.8 cm³/mol. The number of hydroxylamine groups is 2. The van der Waals surface area contributed by atoms with Crippen molar-refractivity contribution >= 4 is 39.1 Å². The molecule has 12 heteroatoms. The molecule has 0 spiro atoms. The molecule has 0 bridgehead atoms. The van der Waals surface area contributed by atoms with Gasteiger partial charge in [0, 0.05) is 5.56 Å². The summed E-state index contributed by atoms with van der Waals surface area (Å²) in [6, 6.07) is 1.96. The van der Waals surface area contributed by atoms with Crippen LogP contribution in [-0.2, 0) is 11.0 Å². The van der Waals surface area contributed by atoms with Gasteiger partial charge in [0.15, 0.2) is 12.0 Å². The normalized spacial score (nSPS) is 17.7. The monoisotopic (exact) mass is 470 g/mol. The highest BCUT2D eigenvalue weighted by molar-refractivity contribution is 9.11. The number of carbonyl (C=O) groups is 2. The standard InChI is InChI=1S/C15H8BrF5N2O3S/c16-9-3-6(5-27-9)13-22(4-10(24)23(13)26)14(25)11-8(17)2-1-7(12(11)18)15(19,20)21/h1-3,5,13,26H,4H2. The van der Waals surface area contributed by atoms with E-state index >= 15 is 0 Å². The number of thiophene rings is 1. The first-order valence-electron chi connectivity index (χ1n) is 7.13. The van der Waals surface area contributed by atoms with E-state index < -0.39 is 53.5 Å². The van der Waals surface area contributed by atoms with Crippen molar-refractivity contribution in [2.75, 3.05) is 6.54 Å². The molecule has 1 atom stereocenters. The molecule has 27 heavy (non-hydrogen) atoms. The van der Waals surface area contributed by atoms with Gasteiger partial charge in [-0.2, -0.15) is 18.2 Å². The molecule has 1 aromatic carbocycles. The van der Waals surface area contributed by atoms with E-state index in [2.05, 4.69) is 15.9 Å². The Kier molecular flexibility index (Phi) is 4.99. The van der Waals surface area contributed by atoms with Crippen LogP contribution in [0.4, 0.5) is 22.0 Å². The molecule has 0 aliphatic carbocycles. The van der Waals surface area contributed by atoms with Gasteiger partial charge in [0.2, 0.25) is 0 Å². The molecule has 2 amide bonds. The molecular weight excluding hydrogens is 463 g/mol. The lowest BCUT2D eigenvalue weighted by atomic mass is 10.1. The van der Waals surface area contributed by atoms with Gasteiger partial charge in [0.25, 0.3) is 11.8 Å². The van der Waals surface area contributed by atoms with Crippen LogP contribution in [0, 0.1) is 11.6 Å². The van der Waals surface area contributed by atoms with Gasteiger partial charge in [-0.1, -0.05) is 0 Å². The molecule has 1 aromatic heterocycles. The largest absolute Gasteiger partial charge is 0.419 e. The van der Waals surface area contributed by atoms with E-state index in [1.807, 2.05) is 0 Å². The molecule has 2 aromatic rings. The molecular formula is C15H8BrF5N2O3S. The molecule has 1 fully saturated rings. The molecule has 1 unspecified atom stereocenters. The Labute approximate surface area is 160 Å². The molecule has 1 aliphatic rings. The zero-order valence-corrected chi connectivity index (χ0v) is 15.3. The Morgan fingerprint density at radius 3 is 2.52 bits per heavy atom. The first kappa shape index (κ1) is 19.7. The second kappa shape index (κ2) is 6.84. The topological polar surface area (TPSA) is 60.9 Å². The summed E-state index contributed by atoms with van der Waals surface area (Å²) in [6.45, 7) is -0.761.